The van der Waals surface area contributed by atoms with Crippen molar-refractivity contribution in [1.82, 2.24) is 16.0 Å². The van der Waals surface area contributed by atoms with Crippen LogP contribution in [0.1, 0.15) is 52.4 Å². The largest absolute Gasteiger partial charge is 0.481 e. The SMILES string of the molecule is CCC(C)C(NC(=O)C(CCCN=C(N)N)NC(=O)C(CCC(=O)O)NC(=O)C(N)CC(=O)O)C(=O)O. The predicted octanol–water partition coefficient (Wildman–Crippen LogP) is -2.71. The number of aliphatic imine (C=N–C) groups is 1. The fraction of sp³-hybridized carbons (Fsp3) is 0.667. The summed E-state index contributed by atoms with van der Waals surface area (Å²) in [4.78, 5) is 75.4. The van der Waals surface area contributed by atoms with E-state index in [1.807, 2.05) is 0 Å². The van der Waals surface area contributed by atoms with Gasteiger partial charge in [-0.15, -0.1) is 0 Å². The molecular weight excluding hydrogens is 494 g/mol. The van der Waals surface area contributed by atoms with Gasteiger partial charge in [-0.1, -0.05) is 20.3 Å². The van der Waals surface area contributed by atoms with Crippen molar-refractivity contribution in [2.24, 2.45) is 28.1 Å². The summed E-state index contributed by atoms with van der Waals surface area (Å²) in [6.07, 6.45) is -1.05. The number of aliphatic carboxylic acids is 3. The second-order valence-electron chi connectivity index (χ2n) is 8.42. The average Bonchev–Trinajstić information content (AvgIpc) is 2.79. The number of nitrogens with one attached hydrogen (secondary N) is 3. The number of carbonyl (C=O) groups is 6. The van der Waals surface area contributed by atoms with Crippen molar-refractivity contribution in [3.63, 3.8) is 0 Å². The second kappa shape index (κ2) is 16.7. The molecule has 0 aliphatic rings. The monoisotopic (exact) mass is 531 g/mol. The molecule has 0 aromatic heterocycles. The number of amides is 3. The zero-order valence-corrected chi connectivity index (χ0v) is 20.8. The maximum atomic E-state index is 13.0. The Morgan fingerprint density at radius 1 is 0.838 bits per heavy atom. The molecule has 0 bridgehead atoms. The Morgan fingerprint density at radius 3 is 1.86 bits per heavy atom. The van der Waals surface area contributed by atoms with Crippen molar-refractivity contribution in [3.05, 3.63) is 0 Å². The third-order valence-electron chi connectivity index (χ3n) is 5.37. The van der Waals surface area contributed by atoms with Crippen LogP contribution < -0.4 is 33.2 Å². The number of nitrogens with two attached hydrogens (primary N) is 3. The highest BCUT2D eigenvalue weighted by atomic mass is 16.4. The van der Waals surface area contributed by atoms with Gasteiger partial charge in [0, 0.05) is 13.0 Å². The summed E-state index contributed by atoms with van der Waals surface area (Å²) in [6, 6.07) is -5.51. The second-order valence-corrected chi connectivity index (χ2v) is 8.42. The fourth-order valence-corrected chi connectivity index (χ4v) is 3.08. The van der Waals surface area contributed by atoms with E-state index in [0.29, 0.717) is 6.42 Å². The lowest BCUT2D eigenvalue weighted by atomic mass is 9.98. The van der Waals surface area contributed by atoms with Crippen LogP contribution in [0.25, 0.3) is 0 Å². The maximum Gasteiger partial charge on any atom is 0.326 e. The minimum atomic E-state index is -1.51. The number of hydrogen-bond donors (Lipinski definition) is 9. The molecule has 0 aliphatic heterocycles. The first-order valence-electron chi connectivity index (χ1n) is 11.6. The first-order valence-corrected chi connectivity index (χ1v) is 11.6. The van der Waals surface area contributed by atoms with Crippen LogP contribution in [0.15, 0.2) is 4.99 Å². The van der Waals surface area contributed by atoms with Gasteiger partial charge in [-0.25, -0.2) is 4.79 Å². The lowest BCUT2D eigenvalue weighted by molar-refractivity contribution is -0.144. The van der Waals surface area contributed by atoms with Gasteiger partial charge in [0.2, 0.25) is 17.7 Å². The van der Waals surface area contributed by atoms with Crippen molar-refractivity contribution in [3.8, 4) is 0 Å². The highest BCUT2D eigenvalue weighted by Gasteiger charge is 2.32. The van der Waals surface area contributed by atoms with E-state index < -0.39 is 78.6 Å². The molecule has 0 aliphatic carbocycles. The van der Waals surface area contributed by atoms with Crippen molar-refractivity contribution in [2.75, 3.05) is 6.54 Å². The van der Waals surface area contributed by atoms with Crippen LogP contribution in [0, 0.1) is 5.92 Å². The Kier molecular flexibility index (Phi) is 14.9. The first-order chi connectivity index (χ1) is 17.2. The van der Waals surface area contributed by atoms with Crippen LogP contribution in [0.3, 0.4) is 0 Å². The summed E-state index contributed by atoms with van der Waals surface area (Å²) >= 11 is 0. The number of carboxylic acid groups (broad SMARTS) is 3. The molecule has 5 atom stereocenters. The van der Waals surface area contributed by atoms with Gasteiger partial charge in [0.1, 0.15) is 18.1 Å². The molecule has 37 heavy (non-hydrogen) atoms. The minimum Gasteiger partial charge on any atom is -0.481 e. The van der Waals surface area contributed by atoms with Crippen molar-refractivity contribution < 1.29 is 44.1 Å². The summed E-state index contributed by atoms with van der Waals surface area (Å²) < 4.78 is 0. The molecule has 12 N–H and O–H groups in total. The van der Waals surface area contributed by atoms with Crippen LogP contribution in [0.4, 0.5) is 0 Å². The van der Waals surface area contributed by atoms with E-state index in [9.17, 15) is 33.9 Å². The molecule has 0 aromatic carbocycles. The molecule has 0 saturated heterocycles. The summed E-state index contributed by atoms with van der Waals surface area (Å²) in [5.74, 6) is -7.31. The van der Waals surface area contributed by atoms with Crippen molar-refractivity contribution in [2.45, 2.75) is 76.5 Å². The van der Waals surface area contributed by atoms with Gasteiger partial charge in [-0.05, 0) is 25.2 Å². The maximum absolute atomic E-state index is 13.0. The van der Waals surface area contributed by atoms with E-state index in [1.54, 1.807) is 13.8 Å². The number of carbonyl (C=O) groups excluding carboxylic acids is 3. The number of carboxylic acids is 3. The summed E-state index contributed by atoms with van der Waals surface area (Å²) in [5, 5.41) is 34.3. The van der Waals surface area contributed by atoms with Crippen molar-refractivity contribution >= 4 is 41.6 Å². The quantitative estimate of drug-likeness (QED) is 0.0495. The molecule has 16 heteroatoms. The molecule has 5 unspecified atom stereocenters. The Hall–Kier alpha value is -3.95. The molecular formula is C21H37N7O9. The van der Waals surface area contributed by atoms with Crippen LogP contribution >= 0.6 is 0 Å². The smallest absolute Gasteiger partial charge is 0.326 e. The number of nitrogens with zero attached hydrogens (tertiary/aromatic N) is 1. The van der Waals surface area contributed by atoms with Gasteiger partial charge in [0.25, 0.3) is 0 Å². The highest BCUT2D eigenvalue weighted by molar-refractivity contribution is 5.95. The van der Waals surface area contributed by atoms with Gasteiger partial charge in [-0.2, -0.15) is 0 Å². The summed E-state index contributed by atoms with van der Waals surface area (Å²) in [5.41, 5.74) is 16.1. The van der Waals surface area contributed by atoms with E-state index >= 15 is 0 Å². The van der Waals surface area contributed by atoms with Crippen LogP contribution in [0.2, 0.25) is 0 Å². The van der Waals surface area contributed by atoms with Gasteiger partial charge in [0.15, 0.2) is 5.96 Å². The Balaban J connectivity index is 5.76. The molecule has 3 amide bonds. The van der Waals surface area contributed by atoms with Crippen molar-refractivity contribution in [1.29, 1.82) is 0 Å². The molecule has 0 spiro atoms. The Labute approximate surface area is 213 Å². The Bertz CT molecular complexity index is 861. The molecule has 0 rings (SSSR count). The van der Waals surface area contributed by atoms with E-state index in [4.69, 9.17) is 27.4 Å². The zero-order chi connectivity index (χ0) is 28.7. The number of hydrogen-bond acceptors (Lipinski definition) is 8. The highest BCUT2D eigenvalue weighted by Crippen LogP contribution is 2.10. The van der Waals surface area contributed by atoms with Crippen LogP contribution in [-0.2, 0) is 28.8 Å². The fourth-order valence-electron chi connectivity index (χ4n) is 3.08. The lowest BCUT2D eigenvalue weighted by Gasteiger charge is -2.26. The lowest BCUT2D eigenvalue weighted by Crippen LogP contribution is -2.57. The van der Waals surface area contributed by atoms with Crippen LogP contribution in [-0.4, -0.2) is 87.6 Å². The Morgan fingerprint density at radius 2 is 1.38 bits per heavy atom. The minimum absolute atomic E-state index is 0.0284. The van der Waals surface area contributed by atoms with E-state index in [-0.39, 0.29) is 31.8 Å². The molecule has 0 saturated carbocycles. The number of guanidine groups is 1. The number of rotatable bonds is 18. The first kappa shape index (κ1) is 33.0. The normalized spacial score (nSPS) is 14.7. The molecule has 16 nitrogen and oxygen atoms in total. The third kappa shape index (κ3) is 13.6. The van der Waals surface area contributed by atoms with Gasteiger partial charge in [-0.3, -0.25) is 29.0 Å². The third-order valence-corrected chi connectivity index (χ3v) is 5.37. The topological polar surface area (TPSA) is 290 Å². The summed E-state index contributed by atoms with van der Waals surface area (Å²) in [6.45, 7) is 3.47. The summed E-state index contributed by atoms with van der Waals surface area (Å²) in [7, 11) is 0. The standard InChI is InChI=1S/C21H37N7O9/c1-3-10(2)16(20(36)37)28-19(35)12(5-4-8-25-21(23)24)27-18(34)13(6-7-14(29)30)26-17(33)11(22)9-15(31)32/h10-13,16H,3-9,22H2,1-2H3,(H,26,33)(H,27,34)(H,28,35)(H,29,30)(H,31,32)(H,36,37)(H4,23,24,25). The van der Waals surface area contributed by atoms with Gasteiger partial charge >= 0.3 is 17.9 Å². The zero-order valence-electron chi connectivity index (χ0n) is 20.8. The molecule has 0 fully saturated rings. The van der Waals surface area contributed by atoms with Gasteiger partial charge in [0.05, 0.1) is 12.5 Å². The van der Waals surface area contributed by atoms with Crippen LogP contribution in [0.5, 0.6) is 0 Å². The molecule has 0 radical (unpaired) electrons. The molecule has 210 valence electrons. The predicted molar refractivity (Wildman–Crippen MR) is 130 cm³/mol. The molecule has 0 heterocycles. The van der Waals surface area contributed by atoms with E-state index in [0.717, 1.165) is 0 Å². The van der Waals surface area contributed by atoms with E-state index in [2.05, 4.69) is 20.9 Å². The average molecular weight is 532 g/mol. The van der Waals surface area contributed by atoms with Gasteiger partial charge < -0.3 is 48.5 Å². The van der Waals surface area contributed by atoms with E-state index in [1.165, 1.54) is 0 Å². The molecule has 0 aromatic rings.